The van der Waals surface area contributed by atoms with Gasteiger partial charge in [-0.15, -0.1) is 0 Å². The zero-order valence-corrected chi connectivity index (χ0v) is 5.58. The minimum absolute atomic E-state index is 0.418. The number of aromatic nitrogens is 1. The Kier molecular flexibility index (Phi) is 1.97. The van der Waals surface area contributed by atoms with Gasteiger partial charge in [0.2, 0.25) is 0 Å². The van der Waals surface area contributed by atoms with Crippen LogP contribution < -0.4 is 0 Å². The fourth-order valence-electron chi connectivity index (χ4n) is 0.657. The van der Waals surface area contributed by atoms with E-state index in [1.807, 2.05) is 0 Å². The lowest BCUT2D eigenvalue weighted by molar-refractivity contribution is 0.198. The summed E-state index contributed by atoms with van der Waals surface area (Å²) in [5.41, 5.74) is 0.500. The summed E-state index contributed by atoms with van der Waals surface area (Å²) < 4.78 is 12.4. The molecule has 1 atom stereocenters. The number of halogens is 1. The maximum absolute atomic E-state index is 12.4. The maximum atomic E-state index is 12.4. The van der Waals surface area contributed by atoms with Crippen molar-refractivity contribution in [1.29, 1.82) is 0 Å². The molecular weight excluding hydrogens is 133 g/mol. The summed E-state index contributed by atoms with van der Waals surface area (Å²) >= 11 is 0. The average Bonchev–Trinajstić information content (AvgIpc) is 1.88. The van der Waals surface area contributed by atoms with Crippen molar-refractivity contribution in [2.45, 2.75) is 13.0 Å². The molecule has 2 nitrogen and oxygen atoms in total. The van der Waals surface area contributed by atoms with Crippen molar-refractivity contribution in [3.05, 3.63) is 29.8 Å². The van der Waals surface area contributed by atoms with Gasteiger partial charge in [-0.1, -0.05) is 0 Å². The van der Waals surface area contributed by atoms with Crippen LogP contribution in [0.15, 0.2) is 18.5 Å². The Bertz CT molecular complexity index is 225. The quantitative estimate of drug-likeness (QED) is 0.639. The largest absolute Gasteiger partial charge is 0.389 e. The second kappa shape index (κ2) is 2.75. The van der Waals surface area contributed by atoms with Crippen LogP contribution in [-0.2, 0) is 0 Å². The Hall–Kier alpha value is -0.960. The summed E-state index contributed by atoms with van der Waals surface area (Å²) in [6.07, 6.45) is 1.89. The first-order chi connectivity index (χ1) is 4.70. The Morgan fingerprint density at radius 3 is 2.70 bits per heavy atom. The van der Waals surface area contributed by atoms with Crippen LogP contribution in [0, 0.1) is 5.82 Å². The zero-order valence-electron chi connectivity index (χ0n) is 5.58. The Labute approximate surface area is 58.3 Å². The second-order valence-corrected chi connectivity index (χ2v) is 2.11. The van der Waals surface area contributed by atoms with E-state index in [-0.39, 0.29) is 0 Å². The summed E-state index contributed by atoms with van der Waals surface area (Å²) in [5, 5.41) is 8.94. The highest BCUT2D eigenvalue weighted by molar-refractivity contribution is 5.11. The summed E-state index contributed by atoms with van der Waals surface area (Å²) in [7, 11) is 0. The van der Waals surface area contributed by atoms with E-state index in [1.54, 1.807) is 6.92 Å². The van der Waals surface area contributed by atoms with E-state index in [2.05, 4.69) is 4.98 Å². The zero-order chi connectivity index (χ0) is 7.56. The van der Waals surface area contributed by atoms with Crippen molar-refractivity contribution in [2.75, 3.05) is 0 Å². The molecule has 0 aliphatic carbocycles. The van der Waals surface area contributed by atoms with Gasteiger partial charge in [0, 0.05) is 11.8 Å². The minimum atomic E-state index is -0.650. The van der Waals surface area contributed by atoms with Crippen molar-refractivity contribution in [2.24, 2.45) is 0 Å². The molecule has 1 unspecified atom stereocenters. The third kappa shape index (κ3) is 1.51. The molecule has 3 heteroatoms. The third-order valence-corrected chi connectivity index (χ3v) is 1.21. The average molecular weight is 141 g/mol. The lowest BCUT2D eigenvalue weighted by Crippen LogP contribution is -1.92. The van der Waals surface area contributed by atoms with Gasteiger partial charge in [-0.05, 0) is 13.0 Å². The van der Waals surface area contributed by atoms with Gasteiger partial charge in [0.25, 0.3) is 0 Å². The molecular formula is C7H8FNO. The molecule has 1 heterocycles. The molecule has 0 bridgehead atoms. The van der Waals surface area contributed by atoms with E-state index in [0.29, 0.717) is 5.56 Å². The molecule has 1 rings (SSSR count). The molecule has 10 heavy (non-hydrogen) atoms. The molecule has 1 N–H and O–H groups in total. The lowest BCUT2D eigenvalue weighted by atomic mass is 10.2. The van der Waals surface area contributed by atoms with Crippen LogP contribution in [0.3, 0.4) is 0 Å². The van der Waals surface area contributed by atoms with Crippen LogP contribution in [0.5, 0.6) is 0 Å². The molecule has 0 fully saturated rings. The van der Waals surface area contributed by atoms with Crippen LogP contribution in [0.1, 0.15) is 18.6 Å². The first-order valence-corrected chi connectivity index (χ1v) is 2.98. The third-order valence-electron chi connectivity index (χ3n) is 1.21. The van der Waals surface area contributed by atoms with Crippen molar-refractivity contribution >= 4 is 0 Å². The Morgan fingerprint density at radius 1 is 1.60 bits per heavy atom. The van der Waals surface area contributed by atoms with Crippen LogP contribution in [0.25, 0.3) is 0 Å². The van der Waals surface area contributed by atoms with Crippen LogP contribution in [-0.4, -0.2) is 10.1 Å². The first-order valence-electron chi connectivity index (χ1n) is 2.98. The normalized spacial score (nSPS) is 13.1. The van der Waals surface area contributed by atoms with Crippen LogP contribution in [0.2, 0.25) is 0 Å². The number of rotatable bonds is 1. The van der Waals surface area contributed by atoms with Crippen LogP contribution >= 0.6 is 0 Å². The number of aliphatic hydroxyl groups is 1. The highest BCUT2D eigenvalue weighted by atomic mass is 19.1. The number of aliphatic hydroxyl groups excluding tert-OH is 1. The van der Waals surface area contributed by atoms with Gasteiger partial charge < -0.3 is 5.11 Å². The van der Waals surface area contributed by atoms with Crippen molar-refractivity contribution in [3.63, 3.8) is 0 Å². The number of nitrogens with zero attached hydrogens (tertiary/aromatic N) is 1. The van der Waals surface area contributed by atoms with Gasteiger partial charge >= 0.3 is 0 Å². The highest BCUT2D eigenvalue weighted by Crippen LogP contribution is 2.10. The predicted octanol–water partition coefficient (Wildman–Crippen LogP) is 1.27. The second-order valence-electron chi connectivity index (χ2n) is 2.11. The number of hydrogen-bond acceptors (Lipinski definition) is 2. The predicted molar refractivity (Wildman–Crippen MR) is 34.8 cm³/mol. The standard InChI is InChI=1S/C7H8FNO/c1-5(10)6-2-7(8)4-9-3-6/h2-5,10H,1H3. The van der Waals surface area contributed by atoms with E-state index in [9.17, 15) is 4.39 Å². The maximum Gasteiger partial charge on any atom is 0.141 e. The first kappa shape index (κ1) is 7.15. The SMILES string of the molecule is CC(O)c1cncc(F)c1. The van der Waals surface area contributed by atoms with Gasteiger partial charge in [0.15, 0.2) is 0 Å². The van der Waals surface area contributed by atoms with E-state index in [0.717, 1.165) is 6.20 Å². The molecule has 0 amide bonds. The summed E-state index contributed by atoms with van der Waals surface area (Å²) in [4.78, 5) is 3.57. The molecule has 0 radical (unpaired) electrons. The summed E-state index contributed by atoms with van der Waals surface area (Å²) in [6, 6.07) is 1.26. The van der Waals surface area contributed by atoms with Gasteiger partial charge in [-0.25, -0.2) is 4.39 Å². The van der Waals surface area contributed by atoms with E-state index in [1.165, 1.54) is 12.3 Å². The van der Waals surface area contributed by atoms with Gasteiger partial charge in [0.1, 0.15) is 5.82 Å². The fraction of sp³-hybridized carbons (Fsp3) is 0.286. The van der Waals surface area contributed by atoms with Crippen molar-refractivity contribution < 1.29 is 9.50 Å². The van der Waals surface area contributed by atoms with Gasteiger partial charge in [-0.3, -0.25) is 4.98 Å². The van der Waals surface area contributed by atoms with Gasteiger partial charge in [-0.2, -0.15) is 0 Å². The molecule has 0 saturated heterocycles. The molecule has 54 valence electrons. The Balaban J connectivity index is 2.96. The Morgan fingerprint density at radius 2 is 2.30 bits per heavy atom. The molecule has 0 aliphatic rings. The fourth-order valence-corrected chi connectivity index (χ4v) is 0.657. The lowest BCUT2D eigenvalue weighted by Gasteiger charge is -2.01. The molecule has 0 aliphatic heterocycles. The molecule has 1 aromatic heterocycles. The minimum Gasteiger partial charge on any atom is -0.389 e. The molecule has 1 aromatic rings. The van der Waals surface area contributed by atoms with Gasteiger partial charge in [0.05, 0.1) is 12.3 Å². The summed E-state index contributed by atoms with van der Waals surface area (Å²) in [6.45, 7) is 1.57. The van der Waals surface area contributed by atoms with E-state index < -0.39 is 11.9 Å². The van der Waals surface area contributed by atoms with E-state index in [4.69, 9.17) is 5.11 Å². The number of pyridine rings is 1. The topological polar surface area (TPSA) is 33.1 Å². The van der Waals surface area contributed by atoms with Crippen molar-refractivity contribution in [3.8, 4) is 0 Å². The van der Waals surface area contributed by atoms with Crippen LogP contribution in [0.4, 0.5) is 4.39 Å². The van der Waals surface area contributed by atoms with E-state index >= 15 is 0 Å². The van der Waals surface area contributed by atoms with Crippen molar-refractivity contribution in [1.82, 2.24) is 4.98 Å². The highest BCUT2D eigenvalue weighted by Gasteiger charge is 2.00. The smallest absolute Gasteiger partial charge is 0.141 e. The monoisotopic (exact) mass is 141 g/mol. The molecule has 0 aromatic carbocycles. The number of hydrogen-bond donors (Lipinski definition) is 1. The summed E-state index contributed by atoms with van der Waals surface area (Å²) in [5.74, 6) is -0.418. The molecule has 0 spiro atoms. The molecule has 0 saturated carbocycles.